The van der Waals surface area contributed by atoms with Crippen LogP contribution in [0.15, 0.2) is 81.4 Å². The van der Waals surface area contributed by atoms with Crippen molar-refractivity contribution < 1.29 is 9.62 Å². The number of hydrogen-bond donors (Lipinski definition) is 2. The number of oxime groups is 1. The van der Waals surface area contributed by atoms with Crippen molar-refractivity contribution in [3.8, 4) is 11.3 Å². The molecule has 3 rings (SSSR count). The van der Waals surface area contributed by atoms with Crippen molar-refractivity contribution >= 4 is 23.8 Å². The largest absolute Gasteiger partial charge is 0.464 e. The summed E-state index contributed by atoms with van der Waals surface area (Å²) in [6.07, 6.45) is 3.04. The van der Waals surface area contributed by atoms with Crippen LogP contribution < -0.4 is 4.72 Å². The van der Waals surface area contributed by atoms with Crippen molar-refractivity contribution in [3.63, 3.8) is 0 Å². The third-order valence-electron chi connectivity index (χ3n) is 3.06. The van der Waals surface area contributed by atoms with E-state index in [4.69, 9.17) is 9.62 Å². The number of rotatable bonds is 5. The summed E-state index contributed by atoms with van der Waals surface area (Å²) in [6, 6.07) is 19.5. The van der Waals surface area contributed by atoms with E-state index >= 15 is 0 Å². The molecule has 2 N–H and O–H groups in total. The maximum absolute atomic E-state index is 8.70. The van der Waals surface area contributed by atoms with Crippen LogP contribution in [-0.4, -0.2) is 11.4 Å². The van der Waals surface area contributed by atoms with Crippen LogP contribution in [0.4, 0.5) is 5.69 Å². The molecule has 4 nitrogen and oxygen atoms in total. The van der Waals surface area contributed by atoms with E-state index in [0.717, 1.165) is 27.5 Å². The quantitative estimate of drug-likeness (QED) is 0.305. The smallest absolute Gasteiger partial charge is 0.135 e. The molecule has 0 saturated carbocycles. The first kappa shape index (κ1) is 14.3. The van der Waals surface area contributed by atoms with E-state index in [1.165, 1.54) is 18.2 Å². The van der Waals surface area contributed by atoms with Crippen LogP contribution in [0.25, 0.3) is 11.3 Å². The first-order chi connectivity index (χ1) is 10.9. The lowest BCUT2D eigenvalue weighted by molar-refractivity contribution is 0.322. The third kappa shape index (κ3) is 3.32. The molecule has 0 unspecified atom stereocenters. The molecule has 0 amide bonds. The van der Waals surface area contributed by atoms with Crippen LogP contribution in [0.5, 0.6) is 0 Å². The zero-order valence-corrected chi connectivity index (χ0v) is 12.5. The van der Waals surface area contributed by atoms with E-state index < -0.39 is 0 Å². The highest BCUT2D eigenvalue weighted by atomic mass is 32.2. The Kier molecular flexibility index (Phi) is 4.46. The molecule has 0 radical (unpaired) electrons. The van der Waals surface area contributed by atoms with Crippen LogP contribution in [0.3, 0.4) is 0 Å². The van der Waals surface area contributed by atoms with Gasteiger partial charge in [-0.05, 0) is 53.9 Å². The van der Waals surface area contributed by atoms with Gasteiger partial charge >= 0.3 is 0 Å². The average Bonchev–Trinajstić information content (AvgIpc) is 3.09. The van der Waals surface area contributed by atoms with E-state index in [1.54, 1.807) is 6.26 Å². The highest BCUT2D eigenvalue weighted by molar-refractivity contribution is 8.00. The average molecular weight is 310 g/mol. The fraction of sp³-hybridized carbons (Fsp3) is 0. The van der Waals surface area contributed by atoms with Crippen LogP contribution in [-0.2, 0) is 0 Å². The van der Waals surface area contributed by atoms with E-state index in [1.807, 2.05) is 60.7 Å². The topological polar surface area (TPSA) is 57.8 Å². The molecule has 110 valence electrons. The summed E-state index contributed by atoms with van der Waals surface area (Å²) >= 11 is 1.51. The Morgan fingerprint density at radius 3 is 2.64 bits per heavy atom. The van der Waals surface area contributed by atoms with Crippen molar-refractivity contribution in [1.29, 1.82) is 0 Å². The van der Waals surface area contributed by atoms with Gasteiger partial charge in [-0.1, -0.05) is 29.4 Å². The van der Waals surface area contributed by atoms with E-state index in [2.05, 4.69) is 9.88 Å². The van der Waals surface area contributed by atoms with Gasteiger partial charge in [0.2, 0.25) is 0 Å². The van der Waals surface area contributed by atoms with Crippen LogP contribution in [0.2, 0.25) is 0 Å². The molecule has 22 heavy (non-hydrogen) atoms. The van der Waals surface area contributed by atoms with Gasteiger partial charge in [0.15, 0.2) is 0 Å². The Labute approximate surface area is 132 Å². The molecular weight excluding hydrogens is 296 g/mol. The van der Waals surface area contributed by atoms with Gasteiger partial charge in [0.1, 0.15) is 5.76 Å². The number of benzene rings is 2. The summed E-state index contributed by atoms with van der Waals surface area (Å²) in [5.74, 6) is 0.781. The SMILES string of the molecule is O/N=C\c1ccc(-c2ccco2)c(NSc2ccccc2)c1. The molecule has 0 spiro atoms. The maximum Gasteiger partial charge on any atom is 0.135 e. The Balaban J connectivity index is 1.90. The molecule has 0 atom stereocenters. The van der Waals surface area contributed by atoms with E-state index in [0.29, 0.717) is 0 Å². The highest BCUT2D eigenvalue weighted by Gasteiger charge is 2.09. The number of nitrogens with zero attached hydrogens (tertiary/aromatic N) is 1. The second kappa shape index (κ2) is 6.87. The molecule has 0 aliphatic carbocycles. The molecule has 0 saturated heterocycles. The van der Waals surface area contributed by atoms with Crippen LogP contribution in [0, 0.1) is 0 Å². The van der Waals surface area contributed by atoms with Crippen LogP contribution in [0.1, 0.15) is 5.56 Å². The van der Waals surface area contributed by atoms with Gasteiger partial charge in [0.25, 0.3) is 0 Å². The Bertz CT molecular complexity index is 756. The highest BCUT2D eigenvalue weighted by Crippen LogP contribution is 2.32. The molecule has 0 bridgehead atoms. The summed E-state index contributed by atoms with van der Waals surface area (Å²) in [5.41, 5.74) is 2.64. The van der Waals surface area contributed by atoms with Crippen molar-refractivity contribution in [2.45, 2.75) is 4.90 Å². The van der Waals surface area contributed by atoms with Gasteiger partial charge in [-0.3, -0.25) is 0 Å². The molecular formula is C17H14N2O2S. The first-order valence-electron chi connectivity index (χ1n) is 6.70. The number of anilines is 1. The predicted octanol–water partition coefficient (Wildman–Crippen LogP) is 4.87. The zero-order valence-electron chi connectivity index (χ0n) is 11.6. The van der Waals surface area contributed by atoms with Gasteiger partial charge in [0.05, 0.1) is 18.2 Å². The Hall–Kier alpha value is -2.66. The van der Waals surface area contributed by atoms with Crippen molar-refractivity contribution in [2.24, 2.45) is 5.16 Å². The minimum absolute atomic E-state index is 0.781. The number of hydrogen-bond acceptors (Lipinski definition) is 5. The lowest BCUT2D eigenvalue weighted by atomic mass is 10.1. The minimum atomic E-state index is 0.781. The second-order valence-corrected chi connectivity index (χ2v) is 5.42. The monoisotopic (exact) mass is 310 g/mol. The Morgan fingerprint density at radius 2 is 1.91 bits per heavy atom. The second-order valence-electron chi connectivity index (χ2n) is 4.54. The van der Waals surface area contributed by atoms with Gasteiger partial charge < -0.3 is 14.3 Å². The molecule has 3 aromatic rings. The summed E-state index contributed by atoms with van der Waals surface area (Å²) in [7, 11) is 0. The first-order valence-corrected chi connectivity index (χ1v) is 7.52. The molecule has 0 aliphatic rings. The van der Waals surface area contributed by atoms with Gasteiger partial charge in [-0.15, -0.1) is 0 Å². The molecule has 2 aromatic carbocycles. The fourth-order valence-electron chi connectivity index (χ4n) is 2.04. The number of nitrogens with one attached hydrogen (secondary N) is 1. The number of furan rings is 1. The normalized spacial score (nSPS) is 10.9. The standard InChI is InChI=1S/C17H14N2O2S/c20-18-12-13-8-9-15(17-7-4-10-21-17)16(11-13)19-22-14-5-2-1-3-6-14/h1-12,19-20H/b18-12-. The fourth-order valence-corrected chi connectivity index (χ4v) is 2.73. The van der Waals surface area contributed by atoms with E-state index in [9.17, 15) is 0 Å². The summed E-state index contributed by atoms with van der Waals surface area (Å²) < 4.78 is 8.81. The molecule has 1 aromatic heterocycles. The van der Waals surface area contributed by atoms with Crippen LogP contribution >= 0.6 is 11.9 Å². The third-order valence-corrected chi connectivity index (χ3v) is 3.89. The summed E-state index contributed by atoms with van der Waals surface area (Å²) in [4.78, 5) is 1.11. The molecule has 0 aliphatic heterocycles. The van der Waals surface area contributed by atoms with E-state index in [-0.39, 0.29) is 0 Å². The lowest BCUT2D eigenvalue weighted by Crippen LogP contribution is -1.92. The Morgan fingerprint density at radius 1 is 1.05 bits per heavy atom. The van der Waals surface area contributed by atoms with Gasteiger partial charge in [0, 0.05) is 10.5 Å². The van der Waals surface area contributed by atoms with Crippen molar-refractivity contribution in [1.82, 2.24) is 0 Å². The summed E-state index contributed by atoms with van der Waals surface area (Å²) in [6.45, 7) is 0. The lowest BCUT2D eigenvalue weighted by Gasteiger charge is -2.11. The molecule has 5 heteroatoms. The zero-order chi connectivity index (χ0) is 15.2. The summed E-state index contributed by atoms with van der Waals surface area (Å²) in [5, 5.41) is 11.8. The maximum atomic E-state index is 8.70. The molecule has 0 fully saturated rings. The predicted molar refractivity (Wildman–Crippen MR) is 89.4 cm³/mol. The molecule has 1 heterocycles. The minimum Gasteiger partial charge on any atom is -0.464 e. The van der Waals surface area contributed by atoms with Gasteiger partial charge in [-0.2, -0.15) is 0 Å². The van der Waals surface area contributed by atoms with Crippen molar-refractivity contribution in [3.05, 3.63) is 72.5 Å². The van der Waals surface area contributed by atoms with Crippen molar-refractivity contribution in [2.75, 3.05) is 4.72 Å². The van der Waals surface area contributed by atoms with Gasteiger partial charge in [-0.25, -0.2) is 0 Å².